The van der Waals surface area contributed by atoms with Gasteiger partial charge in [-0.15, -0.1) is 0 Å². The molecule has 0 saturated carbocycles. The standard InChI is InChI=1S/C21H22N4OS/c1-14-20(17-4-2-3-5-18(17)22-14)15-6-9-25(10-7-15)12-19-23-21(26-24-19)16-8-11-27-13-16/h2-5,8,11,13,15,22H,6-7,9-10,12H2,1H3. The fourth-order valence-electron chi connectivity index (χ4n) is 4.23. The van der Waals surface area contributed by atoms with Gasteiger partial charge in [0, 0.05) is 22.0 Å². The van der Waals surface area contributed by atoms with Crippen LogP contribution in [-0.4, -0.2) is 33.1 Å². The lowest BCUT2D eigenvalue weighted by atomic mass is 9.87. The molecule has 5 rings (SSSR count). The van der Waals surface area contributed by atoms with Crippen molar-refractivity contribution in [3.63, 3.8) is 0 Å². The Balaban J connectivity index is 1.26. The molecule has 0 aliphatic carbocycles. The average molecular weight is 379 g/mol. The molecule has 1 aliphatic heterocycles. The smallest absolute Gasteiger partial charge is 0.258 e. The second kappa shape index (κ2) is 6.94. The van der Waals surface area contributed by atoms with Crippen LogP contribution in [0, 0.1) is 6.92 Å². The Morgan fingerprint density at radius 2 is 2.07 bits per heavy atom. The summed E-state index contributed by atoms with van der Waals surface area (Å²) >= 11 is 1.64. The van der Waals surface area contributed by atoms with Crippen LogP contribution in [0.25, 0.3) is 22.4 Å². The molecule has 27 heavy (non-hydrogen) atoms. The molecule has 0 amide bonds. The fourth-order valence-corrected chi connectivity index (χ4v) is 4.86. The van der Waals surface area contributed by atoms with Crippen molar-refractivity contribution >= 4 is 22.2 Å². The van der Waals surface area contributed by atoms with E-state index < -0.39 is 0 Å². The molecule has 6 heteroatoms. The van der Waals surface area contributed by atoms with Gasteiger partial charge >= 0.3 is 0 Å². The van der Waals surface area contributed by atoms with E-state index >= 15 is 0 Å². The van der Waals surface area contributed by atoms with Crippen LogP contribution in [0.5, 0.6) is 0 Å². The minimum absolute atomic E-state index is 0.615. The Labute approximate surface area is 162 Å². The summed E-state index contributed by atoms with van der Waals surface area (Å²) in [6.45, 7) is 5.08. The second-order valence-electron chi connectivity index (χ2n) is 7.29. The number of likely N-dealkylation sites (tertiary alicyclic amines) is 1. The summed E-state index contributed by atoms with van der Waals surface area (Å²) in [7, 11) is 0. The van der Waals surface area contributed by atoms with Gasteiger partial charge in [0.15, 0.2) is 5.82 Å². The van der Waals surface area contributed by atoms with Crippen LogP contribution in [0.15, 0.2) is 45.6 Å². The zero-order valence-corrected chi connectivity index (χ0v) is 16.1. The van der Waals surface area contributed by atoms with Crippen molar-refractivity contribution < 1.29 is 4.52 Å². The first-order valence-corrected chi connectivity index (χ1v) is 10.4. The molecule has 1 aliphatic rings. The Morgan fingerprint density at radius 1 is 1.22 bits per heavy atom. The molecule has 4 heterocycles. The molecule has 1 aromatic carbocycles. The van der Waals surface area contributed by atoms with Crippen molar-refractivity contribution in [2.75, 3.05) is 13.1 Å². The molecule has 0 atom stereocenters. The van der Waals surface area contributed by atoms with E-state index in [4.69, 9.17) is 4.52 Å². The topological polar surface area (TPSA) is 58.0 Å². The van der Waals surface area contributed by atoms with Crippen molar-refractivity contribution in [1.82, 2.24) is 20.0 Å². The summed E-state index contributed by atoms with van der Waals surface area (Å²) in [4.78, 5) is 10.5. The fraction of sp³-hybridized carbons (Fsp3) is 0.333. The SMILES string of the molecule is Cc1[nH]c2ccccc2c1C1CCN(Cc2noc(-c3ccsc3)n2)CC1. The Hall–Kier alpha value is -2.44. The molecule has 1 fully saturated rings. The molecular formula is C21H22N4OS. The Bertz CT molecular complexity index is 1040. The van der Waals surface area contributed by atoms with Crippen molar-refractivity contribution in [1.29, 1.82) is 0 Å². The van der Waals surface area contributed by atoms with E-state index in [0.717, 1.165) is 43.9 Å². The lowest BCUT2D eigenvalue weighted by Gasteiger charge is -2.31. The first kappa shape index (κ1) is 16.7. The average Bonchev–Trinajstić information content (AvgIpc) is 3.41. The molecule has 0 radical (unpaired) electrons. The van der Waals surface area contributed by atoms with E-state index in [2.05, 4.69) is 51.2 Å². The Kier molecular flexibility index (Phi) is 4.30. The van der Waals surface area contributed by atoms with Crippen molar-refractivity contribution in [2.45, 2.75) is 32.2 Å². The number of para-hydroxylation sites is 1. The predicted molar refractivity (Wildman–Crippen MR) is 108 cm³/mol. The molecule has 0 spiro atoms. The van der Waals surface area contributed by atoms with Gasteiger partial charge in [-0.2, -0.15) is 16.3 Å². The number of fused-ring (bicyclic) bond motifs is 1. The molecule has 0 bridgehead atoms. The lowest BCUT2D eigenvalue weighted by molar-refractivity contribution is 0.198. The van der Waals surface area contributed by atoms with Gasteiger partial charge in [-0.1, -0.05) is 23.4 Å². The van der Waals surface area contributed by atoms with E-state index in [1.807, 2.05) is 16.8 Å². The van der Waals surface area contributed by atoms with Crippen molar-refractivity contribution in [3.8, 4) is 11.5 Å². The van der Waals surface area contributed by atoms with Gasteiger partial charge in [-0.05, 0) is 61.8 Å². The molecule has 4 aromatic rings. The molecular weight excluding hydrogens is 356 g/mol. The van der Waals surface area contributed by atoms with Gasteiger partial charge in [0.1, 0.15) is 0 Å². The maximum Gasteiger partial charge on any atom is 0.258 e. The van der Waals surface area contributed by atoms with Gasteiger partial charge in [-0.25, -0.2) is 0 Å². The number of piperidine rings is 1. The zero-order chi connectivity index (χ0) is 18.2. The second-order valence-corrected chi connectivity index (χ2v) is 8.07. The molecule has 1 saturated heterocycles. The minimum Gasteiger partial charge on any atom is -0.358 e. The summed E-state index contributed by atoms with van der Waals surface area (Å²) in [5.41, 5.74) is 5.07. The maximum atomic E-state index is 5.41. The predicted octanol–water partition coefficient (Wildman–Crippen LogP) is 4.97. The number of aromatic amines is 1. The van der Waals surface area contributed by atoms with E-state index in [1.54, 1.807) is 11.3 Å². The summed E-state index contributed by atoms with van der Waals surface area (Å²) in [5, 5.41) is 9.60. The Morgan fingerprint density at radius 3 is 2.89 bits per heavy atom. The van der Waals surface area contributed by atoms with Crippen molar-refractivity contribution in [2.24, 2.45) is 0 Å². The van der Waals surface area contributed by atoms with E-state index in [-0.39, 0.29) is 0 Å². The quantitative estimate of drug-likeness (QED) is 0.545. The van der Waals surface area contributed by atoms with Gasteiger partial charge < -0.3 is 9.51 Å². The van der Waals surface area contributed by atoms with Gasteiger partial charge in [-0.3, -0.25) is 4.90 Å². The highest BCUT2D eigenvalue weighted by atomic mass is 32.1. The number of H-pyrrole nitrogens is 1. The molecule has 1 N–H and O–H groups in total. The number of hydrogen-bond acceptors (Lipinski definition) is 5. The summed E-state index contributed by atoms with van der Waals surface area (Å²) in [6, 6.07) is 10.7. The highest BCUT2D eigenvalue weighted by molar-refractivity contribution is 7.08. The number of aryl methyl sites for hydroxylation is 1. The van der Waals surface area contributed by atoms with Crippen LogP contribution in [0.4, 0.5) is 0 Å². The first-order chi connectivity index (χ1) is 13.3. The van der Waals surface area contributed by atoms with E-state index in [9.17, 15) is 0 Å². The zero-order valence-electron chi connectivity index (χ0n) is 15.3. The summed E-state index contributed by atoms with van der Waals surface area (Å²) in [5.74, 6) is 2.01. The number of nitrogens with zero attached hydrogens (tertiary/aromatic N) is 3. The number of rotatable bonds is 4. The number of hydrogen-bond donors (Lipinski definition) is 1. The summed E-state index contributed by atoms with van der Waals surface area (Å²) in [6.07, 6.45) is 2.33. The van der Waals surface area contributed by atoms with Crippen LogP contribution >= 0.6 is 11.3 Å². The third-order valence-corrected chi connectivity index (χ3v) is 6.22. The van der Waals surface area contributed by atoms with Crippen LogP contribution in [-0.2, 0) is 6.54 Å². The summed E-state index contributed by atoms with van der Waals surface area (Å²) < 4.78 is 5.41. The van der Waals surface area contributed by atoms with Gasteiger partial charge in [0.05, 0.1) is 12.1 Å². The van der Waals surface area contributed by atoms with Crippen LogP contribution < -0.4 is 0 Å². The largest absolute Gasteiger partial charge is 0.358 e. The normalized spacial score (nSPS) is 16.3. The van der Waals surface area contributed by atoms with E-state index in [1.165, 1.54) is 22.2 Å². The van der Waals surface area contributed by atoms with Crippen LogP contribution in [0.2, 0.25) is 0 Å². The number of benzene rings is 1. The van der Waals surface area contributed by atoms with Crippen molar-refractivity contribution in [3.05, 3.63) is 58.2 Å². The molecule has 3 aromatic heterocycles. The van der Waals surface area contributed by atoms with Gasteiger partial charge in [0.25, 0.3) is 5.89 Å². The van der Waals surface area contributed by atoms with E-state index in [0.29, 0.717) is 11.8 Å². The van der Waals surface area contributed by atoms with Gasteiger partial charge in [0.2, 0.25) is 0 Å². The molecule has 138 valence electrons. The van der Waals surface area contributed by atoms with Crippen LogP contribution in [0.3, 0.4) is 0 Å². The number of aromatic nitrogens is 3. The third kappa shape index (κ3) is 3.19. The third-order valence-electron chi connectivity index (χ3n) is 5.54. The molecule has 5 nitrogen and oxygen atoms in total. The maximum absolute atomic E-state index is 5.41. The molecule has 0 unspecified atom stereocenters. The first-order valence-electron chi connectivity index (χ1n) is 9.42. The highest BCUT2D eigenvalue weighted by Crippen LogP contribution is 2.35. The minimum atomic E-state index is 0.615. The monoisotopic (exact) mass is 378 g/mol. The lowest BCUT2D eigenvalue weighted by Crippen LogP contribution is -2.32. The number of thiophene rings is 1. The number of nitrogens with one attached hydrogen (secondary N) is 1. The highest BCUT2D eigenvalue weighted by Gasteiger charge is 2.25. The van der Waals surface area contributed by atoms with Crippen LogP contribution in [0.1, 0.15) is 35.8 Å².